The van der Waals surface area contributed by atoms with E-state index in [0.29, 0.717) is 33.4 Å². The largest absolute Gasteiger partial charge is 0.356 e. The fourth-order valence-electron chi connectivity index (χ4n) is 2.31. The van der Waals surface area contributed by atoms with Crippen molar-refractivity contribution in [2.75, 3.05) is 4.72 Å². The lowest BCUT2D eigenvalue weighted by molar-refractivity contribution is 0.448. The number of hydrogen-bond donors (Lipinski definition) is 1. The minimum atomic E-state index is -3.65. The number of nitrogens with one attached hydrogen (secondary N) is 1. The summed E-state index contributed by atoms with van der Waals surface area (Å²) in [5, 5.41) is 4.54. The number of hydrogen-bond acceptors (Lipinski definition) is 7. The fraction of sp³-hybridized carbons (Fsp3) is 0.0714. The van der Waals surface area contributed by atoms with Crippen molar-refractivity contribution in [2.45, 2.75) is 5.75 Å². The zero-order valence-corrected chi connectivity index (χ0v) is 13.3. The summed E-state index contributed by atoms with van der Waals surface area (Å²) in [6.45, 7) is 0. The lowest BCUT2D eigenvalue weighted by Crippen LogP contribution is -2.15. The summed E-state index contributed by atoms with van der Waals surface area (Å²) in [6, 6.07) is 12.3. The molecule has 0 atom stereocenters. The molecule has 0 radical (unpaired) electrons. The molecule has 0 saturated carbocycles. The van der Waals surface area contributed by atoms with Crippen LogP contribution in [-0.2, 0) is 15.8 Å². The SMILES string of the molecule is O=S(=O)(Cc1noc2ccccc12)Nc1cccc2nsnc12. The van der Waals surface area contributed by atoms with Crippen LogP contribution in [0.25, 0.3) is 22.0 Å². The summed E-state index contributed by atoms with van der Waals surface area (Å²) in [6.07, 6.45) is 0. The highest BCUT2D eigenvalue weighted by Crippen LogP contribution is 2.24. The molecule has 116 valence electrons. The predicted molar refractivity (Wildman–Crippen MR) is 87.7 cm³/mol. The molecule has 0 aliphatic carbocycles. The summed E-state index contributed by atoms with van der Waals surface area (Å²) >= 11 is 1.04. The normalized spacial score (nSPS) is 12.0. The fourth-order valence-corrected chi connectivity index (χ4v) is 4.00. The van der Waals surface area contributed by atoms with Crippen molar-refractivity contribution < 1.29 is 12.9 Å². The molecule has 23 heavy (non-hydrogen) atoms. The van der Waals surface area contributed by atoms with Crippen LogP contribution < -0.4 is 4.72 Å². The van der Waals surface area contributed by atoms with Gasteiger partial charge in [-0.1, -0.05) is 23.4 Å². The van der Waals surface area contributed by atoms with Crippen LogP contribution in [0.3, 0.4) is 0 Å². The second-order valence-electron chi connectivity index (χ2n) is 4.92. The van der Waals surface area contributed by atoms with Gasteiger partial charge in [0.2, 0.25) is 10.0 Å². The van der Waals surface area contributed by atoms with Gasteiger partial charge in [-0.3, -0.25) is 4.72 Å². The molecule has 0 saturated heterocycles. The van der Waals surface area contributed by atoms with Crippen molar-refractivity contribution in [3.8, 4) is 0 Å². The molecule has 0 aliphatic rings. The van der Waals surface area contributed by atoms with Crippen molar-refractivity contribution in [3.63, 3.8) is 0 Å². The number of aromatic nitrogens is 3. The van der Waals surface area contributed by atoms with Crippen LogP contribution in [-0.4, -0.2) is 22.3 Å². The van der Waals surface area contributed by atoms with Gasteiger partial charge in [-0.15, -0.1) is 0 Å². The van der Waals surface area contributed by atoms with Crippen molar-refractivity contribution >= 4 is 49.4 Å². The molecule has 0 bridgehead atoms. The summed E-state index contributed by atoms with van der Waals surface area (Å²) in [4.78, 5) is 0. The van der Waals surface area contributed by atoms with E-state index in [2.05, 4.69) is 18.6 Å². The number of para-hydroxylation sites is 1. The van der Waals surface area contributed by atoms with Crippen LogP contribution >= 0.6 is 11.7 Å². The number of rotatable bonds is 4. The van der Waals surface area contributed by atoms with Crippen LogP contribution in [0.1, 0.15) is 5.69 Å². The first-order valence-electron chi connectivity index (χ1n) is 6.67. The van der Waals surface area contributed by atoms with Crippen LogP contribution in [0.15, 0.2) is 47.0 Å². The molecule has 2 aromatic heterocycles. The quantitative estimate of drug-likeness (QED) is 0.610. The lowest BCUT2D eigenvalue weighted by atomic mass is 10.2. The molecule has 1 N–H and O–H groups in total. The van der Waals surface area contributed by atoms with Gasteiger partial charge in [-0.05, 0) is 24.3 Å². The summed E-state index contributed by atoms with van der Waals surface area (Å²) in [7, 11) is -3.65. The molecule has 4 aromatic rings. The Morgan fingerprint density at radius 2 is 1.96 bits per heavy atom. The maximum atomic E-state index is 12.4. The second kappa shape index (κ2) is 5.28. The summed E-state index contributed by atoms with van der Waals surface area (Å²) < 4.78 is 40.8. The van der Waals surface area contributed by atoms with Crippen LogP contribution in [0, 0.1) is 0 Å². The third-order valence-electron chi connectivity index (χ3n) is 3.33. The monoisotopic (exact) mass is 346 g/mol. The Balaban J connectivity index is 1.67. The topological polar surface area (TPSA) is 98.0 Å². The molecule has 0 amide bonds. The van der Waals surface area contributed by atoms with Gasteiger partial charge in [0, 0.05) is 5.39 Å². The minimum Gasteiger partial charge on any atom is -0.356 e. The average molecular weight is 346 g/mol. The smallest absolute Gasteiger partial charge is 0.238 e. The Labute approximate surface area is 135 Å². The molecule has 0 spiro atoms. The summed E-state index contributed by atoms with van der Waals surface area (Å²) in [5.74, 6) is -0.280. The Bertz CT molecular complexity index is 1100. The van der Waals surface area contributed by atoms with Crippen LogP contribution in [0.2, 0.25) is 0 Å². The first-order chi connectivity index (χ1) is 11.1. The standard InChI is InChI=1S/C14H10N4O3S2/c19-23(20,8-12-9-4-1-2-7-13(9)21-15-12)18-11-6-3-5-10-14(11)17-22-16-10/h1-7,18H,8H2. The van der Waals surface area contributed by atoms with Crippen LogP contribution in [0.5, 0.6) is 0 Å². The minimum absolute atomic E-state index is 0.280. The Morgan fingerprint density at radius 3 is 2.87 bits per heavy atom. The number of benzene rings is 2. The molecule has 2 heterocycles. The van der Waals surface area contributed by atoms with Gasteiger partial charge >= 0.3 is 0 Å². The number of nitrogens with zero attached hydrogens (tertiary/aromatic N) is 3. The van der Waals surface area contributed by atoms with Crippen molar-refractivity contribution in [2.24, 2.45) is 0 Å². The van der Waals surface area contributed by atoms with Crippen molar-refractivity contribution in [1.82, 2.24) is 13.9 Å². The van der Waals surface area contributed by atoms with E-state index in [4.69, 9.17) is 4.52 Å². The second-order valence-corrected chi connectivity index (χ2v) is 7.17. The average Bonchev–Trinajstić information content (AvgIpc) is 3.15. The number of anilines is 1. The molecule has 0 unspecified atom stereocenters. The van der Waals surface area contributed by atoms with Crippen molar-refractivity contribution in [1.29, 1.82) is 0 Å². The zero-order valence-electron chi connectivity index (χ0n) is 11.6. The van der Waals surface area contributed by atoms with E-state index in [-0.39, 0.29) is 5.75 Å². The molecular weight excluding hydrogens is 336 g/mol. The Hall–Kier alpha value is -2.52. The molecule has 0 fully saturated rings. The molecular formula is C14H10N4O3S2. The predicted octanol–water partition coefficient (Wildman–Crippen LogP) is 2.77. The third kappa shape index (κ3) is 2.64. The van der Waals surface area contributed by atoms with Gasteiger partial charge in [0.25, 0.3) is 0 Å². The Morgan fingerprint density at radius 1 is 1.09 bits per heavy atom. The van der Waals surface area contributed by atoms with E-state index in [0.717, 1.165) is 11.7 Å². The van der Waals surface area contributed by atoms with Gasteiger partial charge in [0.1, 0.15) is 22.5 Å². The number of sulfonamides is 1. The van der Waals surface area contributed by atoms with E-state index >= 15 is 0 Å². The molecule has 4 rings (SSSR count). The first kappa shape index (κ1) is 14.1. The van der Waals surface area contributed by atoms with E-state index < -0.39 is 10.0 Å². The zero-order chi connectivity index (χ0) is 15.9. The van der Waals surface area contributed by atoms with Gasteiger partial charge in [0.15, 0.2) is 5.58 Å². The highest BCUT2D eigenvalue weighted by Gasteiger charge is 2.19. The lowest BCUT2D eigenvalue weighted by Gasteiger charge is -2.06. The van der Waals surface area contributed by atoms with E-state index in [9.17, 15) is 8.42 Å². The highest BCUT2D eigenvalue weighted by atomic mass is 32.2. The highest BCUT2D eigenvalue weighted by molar-refractivity contribution is 7.91. The van der Waals surface area contributed by atoms with Gasteiger partial charge < -0.3 is 4.52 Å². The maximum absolute atomic E-state index is 12.4. The third-order valence-corrected chi connectivity index (χ3v) is 5.06. The first-order valence-corrected chi connectivity index (χ1v) is 9.06. The summed E-state index contributed by atoms with van der Waals surface area (Å²) in [5.41, 5.74) is 2.53. The molecule has 0 aliphatic heterocycles. The molecule has 9 heteroatoms. The van der Waals surface area contributed by atoms with E-state index in [1.165, 1.54) is 0 Å². The number of fused-ring (bicyclic) bond motifs is 2. The van der Waals surface area contributed by atoms with Crippen molar-refractivity contribution in [3.05, 3.63) is 48.2 Å². The Kier molecular flexibility index (Phi) is 3.24. The van der Waals surface area contributed by atoms with Crippen LogP contribution in [0.4, 0.5) is 5.69 Å². The van der Waals surface area contributed by atoms with Gasteiger partial charge in [0.05, 0.1) is 17.4 Å². The van der Waals surface area contributed by atoms with E-state index in [1.54, 1.807) is 36.4 Å². The van der Waals surface area contributed by atoms with E-state index in [1.807, 2.05) is 6.07 Å². The van der Waals surface area contributed by atoms with Gasteiger partial charge in [-0.25, -0.2) is 8.42 Å². The van der Waals surface area contributed by atoms with Gasteiger partial charge in [-0.2, -0.15) is 8.75 Å². The maximum Gasteiger partial charge on any atom is 0.238 e. The molecule has 7 nitrogen and oxygen atoms in total. The molecule has 2 aromatic carbocycles.